The normalized spacial score (nSPS) is 10.8. The van der Waals surface area contributed by atoms with Gasteiger partial charge in [0.2, 0.25) is 0 Å². The molecule has 0 saturated heterocycles. The van der Waals surface area contributed by atoms with Crippen molar-refractivity contribution in [2.75, 3.05) is 0 Å². The Morgan fingerprint density at radius 2 is 1.70 bits per heavy atom. The van der Waals surface area contributed by atoms with Crippen LogP contribution in [-0.4, -0.2) is 0 Å². The maximum atomic E-state index is 2.27. The van der Waals surface area contributed by atoms with E-state index in [2.05, 4.69) is 20.8 Å². The third-order valence-electron chi connectivity index (χ3n) is 2.06. The lowest BCUT2D eigenvalue weighted by atomic mass is 10.0. The van der Waals surface area contributed by atoms with Crippen molar-refractivity contribution < 1.29 is 0 Å². The summed E-state index contributed by atoms with van der Waals surface area (Å²) < 4.78 is 0. The lowest BCUT2D eigenvalue weighted by Crippen LogP contribution is -1.88. The molecule has 0 aromatic carbocycles. The van der Waals surface area contributed by atoms with Gasteiger partial charge in [0, 0.05) is 0 Å². The first-order valence-electron chi connectivity index (χ1n) is 4.62. The van der Waals surface area contributed by atoms with E-state index in [4.69, 9.17) is 0 Å². The monoisotopic (exact) mass is 141 g/mol. The molecule has 0 aromatic rings. The van der Waals surface area contributed by atoms with Crippen LogP contribution in [0.1, 0.15) is 59.3 Å². The van der Waals surface area contributed by atoms with Gasteiger partial charge in [0.15, 0.2) is 0 Å². The highest BCUT2D eigenvalue weighted by atomic mass is 14.0. The quantitative estimate of drug-likeness (QED) is 0.491. The van der Waals surface area contributed by atoms with Crippen molar-refractivity contribution in [3.8, 4) is 0 Å². The predicted molar refractivity (Wildman–Crippen MR) is 48.0 cm³/mol. The molecule has 0 atom stereocenters. The molecule has 0 aliphatic carbocycles. The van der Waals surface area contributed by atoms with Crippen molar-refractivity contribution in [2.24, 2.45) is 0 Å². The summed E-state index contributed by atoms with van der Waals surface area (Å²) in [4.78, 5) is 0. The first kappa shape index (κ1) is 10.0. The maximum Gasteiger partial charge on any atom is -0.0275 e. The Morgan fingerprint density at radius 1 is 1.00 bits per heavy atom. The molecule has 1 radical (unpaired) electrons. The molecule has 0 rings (SSSR count). The standard InChI is InChI=1S/C10H21/c1-4-6-7-8-9-10(3)5-2/h4-9H2,1-3H3. The molecule has 0 heteroatoms. The second-order valence-electron chi connectivity index (χ2n) is 3.12. The fraction of sp³-hybridized carbons (Fsp3) is 0.900. The Bertz CT molecular complexity index is 57.1. The molecule has 0 aromatic heterocycles. The summed E-state index contributed by atoms with van der Waals surface area (Å²) >= 11 is 0. The summed E-state index contributed by atoms with van der Waals surface area (Å²) in [5, 5.41) is 0. The summed E-state index contributed by atoms with van der Waals surface area (Å²) in [5.41, 5.74) is 0. The van der Waals surface area contributed by atoms with Crippen LogP contribution in [0.25, 0.3) is 0 Å². The Balaban J connectivity index is 2.89. The third kappa shape index (κ3) is 6.12. The Morgan fingerprint density at radius 3 is 2.20 bits per heavy atom. The number of hydrogen-bond acceptors (Lipinski definition) is 0. The Kier molecular flexibility index (Phi) is 7.11. The Hall–Kier alpha value is 0. The molecular formula is C10H21. The van der Waals surface area contributed by atoms with Crippen LogP contribution >= 0.6 is 0 Å². The first-order chi connectivity index (χ1) is 4.81. The van der Waals surface area contributed by atoms with Crippen molar-refractivity contribution in [1.29, 1.82) is 0 Å². The first-order valence-corrected chi connectivity index (χ1v) is 4.62. The summed E-state index contributed by atoms with van der Waals surface area (Å²) in [5.74, 6) is 1.66. The van der Waals surface area contributed by atoms with E-state index in [1.165, 1.54) is 38.5 Å². The fourth-order valence-electron chi connectivity index (χ4n) is 1.03. The van der Waals surface area contributed by atoms with Gasteiger partial charge in [0.05, 0.1) is 0 Å². The minimum atomic E-state index is 1.27. The molecule has 0 aliphatic rings. The van der Waals surface area contributed by atoms with Crippen LogP contribution < -0.4 is 0 Å². The average molecular weight is 141 g/mol. The molecule has 0 nitrogen and oxygen atoms in total. The fourth-order valence-corrected chi connectivity index (χ4v) is 1.03. The van der Waals surface area contributed by atoms with Crippen molar-refractivity contribution >= 4 is 0 Å². The van der Waals surface area contributed by atoms with E-state index < -0.39 is 0 Å². The van der Waals surface area contributed by atoms with E-state index in [0.29, 0.717) is 0 Å². The third-order valence-corrected chi connectivity index (χ3v) is 2.06. The van der Waals surface area contributed by atoms with E-state index >= 15 is 0 Å². The van der Waals surface area contributed by atoms with E-state index in [0.717, 1.165) is 0 Å². The van der Waals surface area contributed by atoms with E-state index in [-0.39, 0.29) is 0 Å². The predicted octanol–water partition coefficient (Wildman–Crippen LogP) is 3.96. The maximum absolute atomic E-state index is 2.27. The lowest BCUT2D eigenvalue weighted by Gasteiger charge is -2.05. The zero-order chi connectivity index (χ0) is 7.82. The van der Waals surface area contributed by atoms with Crippen LogP contribution in [0.3, 0.4) is 0 Å². The van der Waals surface area contributed by atoms with Gasteiger partial charge in [-0.25, -0.2) is 0 Å². The zero-order valence-electron chi connectivity index (χ0n) is 7.74. The lowest BCUT2D eigenvalue weighted by molar-refractivity contribution is 0.624. The number of hydrogen-bond donors (Lipinski definition) is 0. The van der Waals surface area contributed by atoms with Crippen LogP contribution in [0.15, 0.2) is 0 Å². The highest BCUT2D eigenvalue weighted by Gasteiger charge is 1.97. The summed E-state index contributed by atoms with van der Waals surface area (Å²) in [6.07, 6.45) is 8.23. The minimum absolute atomic E-state index is 1.27. The smallest absolute Gasteiger partial charge is 0.0275 e. The van der Waals surface area contributed by atoms with Gasteiger partial charge in [-0.3, -0.25) is 0 Å². The van der Waals surface area contributed by atoms with Gasteiger partial charge in [-0.1, -0.05) is 52.9 Å². The average Bonchev–Trinajstić information content (AvgIpc) is 1.98. The molecule has 10 heavy (non-hydrogen) atoms. The number of rotatable bonds is 6. The van der Waals surface area contributed by atoms with Crippen molar-refractivity contribution in [3.63, 3.8) is 0 Å². The molecule has 0 heterocycles. The molecule has 0 N–H and O–H groups in total. The van der Waals surface area contributed by atoms with Gasteiger partial charge >= 0.3 is 0 Å². The summed E-state index contributed by atoms with van der Waals surface area (Å²) in [6, 6.07) is 0. The summed E-state index contributed by atoms with van der Waals surface area (Å²) in [7, 11) is 0. The highest BCUT2D eigenvalue weighted by molar-refractivity contribution is 4.80. The second-order valence-corrected chi connectivity index (χ2v) is 3.12. The van der Waals surface area contributed by atoms with Gasteiger partial charge in [0.25, 0.3) is 0 Å². The van der Waals surface area contributed by atoms with Gasteiger partial charge in [0.1, 0.15) is 0 Å². The van der Waals surface area contributed by atoms with Crippen LogP contribution in [0.4, 0.5) is 0 Å². The van der Waals surface area contributed by atoms with Crippen LogP contribution in [-0.2, 0) is 0 Å². The SMILES string of the molecule is CCCCCC[C](C)CC. The van der Waals surface area contributed by atoms with Gasteiger partial charge in [-0.2, -0.15) is 0 Å². The minimum Gasteiger partial charge on any atom is -0.0654 e. The van der Waals surface area contributed by atoms with Crippen LogP contribution in [0.2, 0.25) is 0 Å². The van der Waals surface area contributed by atoms with Gasteiger partial charge in [-0.15, -0.1) is 0 Å². The van der Waals surface area contributed by atoms with E-state index in [9.17, 15) is 0 Å². The van der Waals surface area contributed by atoms with Crippen molar-refractivity contribution in [3.05, 3.63) is 5.92 Å². The van der Waals surface area contributed by atoms with E-state index in [1.807, 2.05) is 0 Å². The Labute approximate surface area is 66.0 Å². The molecule has 0 bridgehead atoms. The van der Waals surface area contributed by atoms with Crippen molar-refractivity contribution in [1.82, 2.24) is 0 Å². The van der Waals surface area contributed by atoms with Crippen LogP contribution in [0, 0.1) is 5.92 Å². The molecule has 0 fully saturated rings. The van der Waals surface area contributed by atoms with Gasteiger partial charge < -0.3 is 0 Å². The molecule has 0 unspecified atom stereocenters. The van der Waals surface area contributed by atoms with Gasteiger partial charge in [-0.05, 0) is 12.3 Å². The highest BCUT2D eigenvalue weighted by Crippen LogP contribution is 2.14. The second kappa shape index (κ2) is 7.11. The molecule has 0 amide bonds. The molecule has 0 aliphatic heterocycles. The molecular weight excluding hydrogens is 120 g/mol. The topological polar surface area (TPSA) is 0 Å². The molecule has 0 spiro atoms. The summed E-state index contributed by atoms with van der Waals surface area (Å²) in [6.45, 7) is 6.78. The molecule has 0 saturated carbocycles. The van der Waals surface area contributed by atoms with Crippen molar-refractivity contribution in [2.45, 2.75) is 59.3 Å². The van der Waals surface area contributed by atoms with Crippen LogP contribution in [0.5, 0.6) is 0 Å². The largest absolute Gasteiger partial charge is 0.0654 e. The van der Waals surface area contributed by atoms with E-state index in [1.54, 1.807) is 5.92 Å². The number of unbranched alkanes of at least 4 members (excludes halogenated alkanes) is 3. The molecule has 61 valence electrons. The zero-order valence-corrected chi connectivity index (χ0v) is 7.74.